The van der Waals surface area contributed by atoms with Crippen LogP contribution in [0, 0.1) is 6.92 Å². The number of benzene rings is 3. The van der Waals surface area contributed by atoms with Gasteiger partial charge in [-0.3, -0.25) is 0 Å². The minimum Gasteiger partial charge on any atom is -0.497 e. The number of aryl methyl sites for hydroxylation is 2. The lowest BCUT2D eigenvalue weighted by molar-refractivity contribution is -0.0208. The Bertz CT molecular complexity index is 1720. The molecule has 1 saturated heterocycles. The van der Waals surface area contributed by atoms with E-state index in [1.54, 1.807) is 30.7 Å². The third-order valence-electron chi connectivity index (χ3n) is 9.23. The molecule has 4 aromatic rings. The van der Waals surface area contributed by atoms with Crippen molar-refractivity contribution in [1.82, 2.24) is 24.9 Å². The topological polar surface area (TPSA) is 132 Å². The first-order chi connectivity index (χ1) is 23.4. The molecule has 1 N–H and O–H groups in total. The number of piperidine rings is 1. The van der Waals surface area contributed by atoms with Crippen LogP contribution in [0.5, 0.6) is 11.5 Å². The second kappa shape index (κ2) is 15.5. The number of aromatic amines is 1. The van der Waals surface area contributed by atoms with Crippen molar-refractivity contribution in [1.29, 1.82) is 0 Å². The predicted molar refractivity (Wildman–Crippen MR) is 181 cm³/mol. The molecule has 48 heavy (non-hydrogen) atoms. The zero-order chi connectivity index (χ0) is 33.5. The van der Waals surface area contributed by atoms with Gasteiger partial charge in [0, 0.05) is 45.2 Å². The summed E-state index contributed by atoms with van der Waals surface area (Å²) in [6.07, 6.45) is 2.09. The van der Waals surface area contributed by atoms with E-state index in [0.717, 1.165) is 53.4 Å². The Morgan fingerprint density at radius 1 is 1.04 bits per heavy atom. The molecule has 0 spiro atoms. The number of hydrogen-bond acceptors (Lipinski definition) is 10. The summed E-state index contributed by atoms with van der Waals surface area (Å²) in [5.41, 5.74) is 4.10. The number of ether oxygens (including phenoxy) is 4. The van der Waals surface area contributed by atoms with Crippen LogP contribution in [0.3, 0.4) is 0 Å². The van der Waals surface area contributed by atoms with Crippen LogP contribution in [0.25, 0.3) is 0 Å². The van der Waals surface area contributed by atoms with Crippen LogP contribution in [0.1, 0.15) is 47.7 Å². The number of aromatic nitrogens is 4. The van der Waals surface area contributed by atoms with Gasteiger partial charge in [0.1, 0.15) is 18.1 Å². The molecule has 2 aliphatic rings. The summed E-state index contributed by atoms with van der Waals surface area (Å²) in [6.45, 7) is 5.47. The SMILES string of the molecule is COCCCN1CCOc2ccc(CO[C@H]3CN(S(=O)(=O)c4ccc(C)cc4)[C@@H](CCc4nn[nH]n4)C[C@@H]3c3ccc(OC)cc3)cc21. The fourth-order valence-electron chi connectivity index (χ4n) is 6.62. The normalized spacial score (nSPS) is 19.9. The Hall–Kier alpha value is -4.04. The van der Waals surface area contributed by atoms with Gasteiger partial charge in [-0.15, -0.1) is 10.2 Å². The van der Waals surface area contributed by atoms with Crippen LogP contribution in [-0.2, 0) is 32.5 Å². The number of rotatable bonds is 14. The maximum Gasteiger partial charge on any atom is 0.243 e. The maximum absolute atomic E-state index is 14.3. The summed E-state index contributed by atoms with van der Waals surface area (Å²) in [5.74, 6) is 2.10. The maximum atomic E-state index is 14.3. The minimum atomic E-state index is -3.85. The highest BCUT2D eigenvalue weighted by Crippen LogP contribution is 2.39. The quantitative estimate of drug-likeness (QED) is 0.190. The lowest BCUT2D eigenvalue weighted by Gasteiger charge is -2.43. The first kappa shape index (κ1) is 33.8. The smallest absolute Gasteiger partial charge is 0.243 e. The molecule has 0 unspecified atom stereocenters. The molecule has 1 aromatic heterocycles. The number of anilines is 1. The molecule has 3 heterocycles. The summed E-state index contributed by atoms with van der Waals surface area (Å²) in [4.78, 5) is 2.59. The van der Waals surface area contributed by atoms with Gasteiger partial charge in [-0.25, -0.2) is 8.42 Å². The van der Waals surface area contributed by atoms with Gasteiger partial charge in [0.05, 0.1) is 36.9 Å². The number of H-pyrrole nitrogens is 1. The van der Waals surface area contributed by atoms with Crippen LogP contribution in [-0.4, -0.2) is 92.6 Å². The molecule has 0 radical (unpaired) electrons. The molecule has 0 amide bonds. The third kappa shape index (κ3) is 7.81. The first-order valence-corrected chi connectivity index (χ1v) is 17.9. The van der Waals surface area contributed by atoms with Crippen LogP contribution in [0.2, 0.25) is 0 Å². The van der Waals surface area contributed by atoms with Crippen molar-refractivity contribution in [2.24, 2.45) is 0 Å². The van der Waals surface area contributed by atoms with E-state index >= 15 is 0 Å². The van der Waals surface area contributed by atoms with E-state index in [9.17, 15) is 8.42 Å². The van der Waals surface area contributed by atoms with E-state index in [2.05, 4.69) is 31.6 Å². The molecule has 12 nitrogen and oxygen atoms in total. The highest BCUT2D eigenvalue weighted by Gasteiger charge is 2.43. The molecule has 6 rings (SSSR count). The second-order valence-electron chi connectivity index (χ2n) is 12.4. The Balaban J connectivity index is 1.29. The molecule has 0 saturated carbocycles. The minimum absolute atomic E-state index is 0.0675. The summed E-state index contributed by atoms with van der Waals surface area (Å²) in [6, 6.07) is 20.8. The zero-order valence-corrected chi connectivity index (χ0v) is 28.6. The van der Waals surface area contributed by atoms with E-state index in [1.165, 1.54) is 0 Å². The number of nitrogens with one attached hydrogen (secondary N) is 1. The van der Waals surface area contributed by atoms with Gasteiger partial charge in [0.2, 0.25) is 10.0 Å². The number of methoxy groups -OCH3 is 2. The molecule has 3 atom stereocenters. The summed E-state index contributed by atoms with van der Waals surface area (Å²) in [5, 5.41) is 14.4. The standard InChI is InChI=1S/C35H44N6O6S/c1-25-5-13-30(14-6-25)48(42,43)41-23-34(47-24-26-7-15-33-32(21-26)40(18-20-46-33)17-4-19-44-2)31(27-8-11-29(45-3)12-9-27)22-28(41)10-16-35-36-38-39-37-35/h5-9,11-15,21,28,31,34H,4,10,16-20,22-24H2,1-3H3,(H,36,37,38,39)/t28-,31+,34-/m0/s1. The molecule has 2 aliphatic heterocycles. The Morgan fingerprint density at radius 3 is 2.58 bits per heavy atom. The van der Waals surface area contributed by atoms with E-state index in [4.69, 9.17) is 18.9 Å². The van der Waals surface area contributed by atoms with E-state index in [1.807, 2.05) is 55.5 Å². The Kier molecular flexibility index (Phi) is 10.9. The van der Waals surface area contributed by atoms with Crippen molar-refractivity contribution in [3.8, 4) is 11.5 Å². The van der Waals surface area contributed by atoms with Crippen molar-refractivity contribution >= 4 is 15.7 Å². The van der Waals surface area contributed by atoms with Gasteiger partial charge in [0.15, 0.2) is 5.82 Å². The number of tetrazole rings is 1. The lowest BCUT2D eigenvalue weighted by Crippen LogP contribution is -2.52. The van der Waals surface area contributed by atoms with Crippen LogP contribution >= 0.6 is 0 Å². The number of nitrogens with zero attached hydrogens (tertiary/aromatic N) is 5. The van der Waals surface area contributed by atoms with E-state index in [0.29, 0.717) is 44.9 Å². The van der Waals surface area contributed by atoms with Gasteiger partial charge >= 0.3 is 0 Å². The number of fused-ring (bicyclic) bond motifs is 1. The van der Waals surface area contributed by atoms with Gasteiger partial charge in [0.25, 0.3) is 0 Å². The number of hydrogen-bond donors (Lipinski definition) is 1. The average Bonchev–Trinajstić information content (AvgIpc) is 3.64. The van der Waals surface area contributed by atoms with Gasteiger partial charge in [-0.1, -0.05) is 41.1 Å². The van der Waals surface area contributed by atoms with Crippen LogP contribution < -0.4 is 14.4 Å². The Morgan fingerprint density at radius 2 is 1.85 bits per heavy atom. The summed E-state index contributed by atoms with van der Waals surface area (Å²) in [7, 11) is -0.483. The fourth-order valence-corrected chi connectivity index (χ4v) is 8.29. The highest BCUT2D eigenvalue weighted by molar-refractivity contribution is 7.89. The summed E-state index contributed by atoms with van der Waals surface area (Å²) >= 11 is 0. The van der Waals surface area contributed by atoms with Crippen molar-refractivity contribution in [2.45, 2.75) is 62.2 Å². The largest absolute Gasteiger partial charge is 0.497 e. The van der Waals surface area contributed by atoms with Gasteiger partial charge in [-0.2, -0.15) is 9.52 Å². The average molecular weight is 677 g/mol. The molecule has 0 aliphatic carbocycles. The lowest BCUT2D eigenvalue weighted by atomic mass is 9.82. The Labute approximate surface area is 282 Å². The number of sulfonamides is 1. The molecule has 256 valence electrons. The van der Waals surface area contributed by atoms with Crippen molar-refractivity contribution in [3.63, 3.8) is 0 Å². The van der Waals surface area contributed by atoms with E-state index in [-0.39, 0.29) is 23.4 Å². The van der Waals surface area contributed by atoms with Crippen molar-refractivity contribution in [3.05, 3.63) is 89.2 Å². The third-order valence-corrected chi connectivity index (χ3v) is 11.2. The van der Waals surface area contributed by atoms with Crippen molar-refractivity contribution < 1.29 is 27.4 Å². The van der Waals surface area contributed by atoms with Crippen molar-refractivity contribution in [2.75, 3.05) is 52.0 Å². The molecule has 3 aromatic carbocycles. The predicted octanol–water partition coefficient (Wildman–Crippen LogP) is 4.52. The monoisotopic (exact) mass is 676 g/mol. The highest BCUT2D eigenvalue weighted by atomic mass is 32.2. The van der Waals surface area contributed by atoms with Crippen LogP contribution in [0.4, 0.5) is 5.69 Å². The molecular weight excluding hydrogens is 632 g/mol. The van der Waals surface area contributed by atoms with Gasteiger partial charge < -0.3 is 23.8 Å². The molecule has 0 bridgehead atoms. The van der Waals surface area contributed by atoms with Crippen LogP contribution in [0.15, 0.2) is 71.6 Å². The van der Waals surface area contributed by atoms with Gasteiger partial charge in [-0.05, 0) is 73.7 Å². The zero-order valence-electron chi connectivity index (χ0n) is 27.7. The molecule has 1 fully saturated rings. The second-order valence-corrected chi connectivity index (χ2v) is 14.2. The fraction of sp³-hybridized carbons (Fsp3) is 0.457. The van der Waals surface area contributed by atoms with E-state index < -0.39 is 16.1 Å². The molecule has 13 heteroatoms. The summed E-state index contributed by atoms with van der Waals surface area (Å²) < 4.78 is 53.6. The molecular formula is C35H44N6O6S. The first-order valence-electron chi connectivity index (χ1n) is 16.4.